The average Bonchev–Trinajstić information content (AvgIpc) is 3.76. The molecule has 5 aliphatic rings. The fourth-order valence-electron chi connectivity index (χ4n) is 10.6. The first-order chi connectivity index (χ1) is 28.3. The summed E-state index contributed by atoms with van der Waals surface area (Å²) in [5.74, 6) is 1.83. The lowest BCUT2D eigenvalue weighted by Gasteiger charge is -2.50. The second kappa shape index (κ2) is 18.6. The SMILES string of the molecule is C=CC1CC1(NC(=O)C1CC(C)(C(C)(C)C2CCC2)CN1C(=O)C(NC(=O)C(NC(=O)C1CCCCN1C(C)C)C1CCCCC1)C(C)(C)C)C(=O)NS(=C)(=O)N(C)C(C)C. The number of hydrogen-bond acceptors (Lipinski definition) is 7. The van der Waals surface area contributed by atoms with Gasteiger partial charge in [0.25, 0.3) is 5.91 Å². The van der Waals surface area contributed by atoms with E-state index in [9.17, 15) is 23.4 Å². The zero-order valence-corrected chi connectivity index (χ0v) is 40.3. The summed E-state index contributed by atoms with van der Waals surface area (Å²) in [6.07, 6.45) is 12.9. The summed E-state index contributed by atoms with van der Waals surface area (Å²) < 4.78 is 17.7. The largest absolute Gasteiger partial charge is 0.343 e. The summed E-state index contributed by atoms with van der Waals surface area (Å²) in [6, 6.07) is -3.06. The molecule has 4 N–H and O–H groups in total. The van der Waals surface area contributed by atoms with Crippen molar-refractivity contribution in [1.82, 2.24) is 34.8 Å². The van der Waals surface area contributed by atoms with E-state index in [2.05, 4.69) is 72.6 Å². The summed E-state index contributed by atoms with van der Waals surface area (Å²) in [7, 11) is -1.59. The molecule has 8 atom stereocenters. The van der Waals surface area contributed by atoms with Crippen LogP contribution in [0.5, 0.6) is 0 Å². The lowest BCUT2D eigenvalue weighted by atomic mass is 9.54. The van der Waals surface area contributed by atoms with Crippen molar-refractivity contribution >= 4 is 45.3 Å². The second-order valence-corrected chi connectivity index (χ2v) is 23.9. The van der Waals surface area contributed by atoms with Crippen molar-refractivity contribution in [2.24, 2.45) is 34.0 Å². The summed E-state index contributed by atoms with van der Waals surface area (Å²) >= 11 is 0. The van der Waals surface area contributed by atoms with Gasteiger partial charge in [0.05, 0.1) is 6.04 Å². The van der Waals surface area contributed by atoms with Crippen LogP contribution in [0.25, 0.3) is 0 Å². The van der Waals surface area contributed by atoms with Gasteiger partial charge in [-0.15, -0.1) is 6.58 Å². The maximum absolute atomic E-state index is 15.3. The van der Waals surface area contributed by atoms with E-state index in [1.54, 1.807) is 18.0 Å². The van der Waals surface area contributed by atoms with Crippen molar-refractivity contribution in [2.45, 2.75) is 194 Å². The van der Waals surface area contributed by atoms with E-state index in [-0.39, 0.29) is 53.6 Å². The van der Waals surface area contributed by atoms with Crippen LogP contribution in [0, 0.1) is 34.0 Å². The van der Waals surface area contributed by atoms with Crippen LogP contribution in [-0.2, 0) is 33.9 Å². The van der Waals surface area contributed by atoms with Gasteiger partial charge in [-0.3, -0.25) is 33.6 Å². The van der Waals surface area contributed by atoms with Crippen LogP contribution < -0.4 is 20.7 Å². The van der Waals surface area contributed by atoms with Gasteiger partial charge in [-0.05, 0) is 120 Å². The van der Waals surface area contributed by atoms with Crippen LogP contribution in [0.2, 0.25) is 0 Å². The molecular formula is C47H81N7O6S. The average molecular weight is 872 g/mol. The highest BCUT2D eigenvalue weighted by Crippen LogP contribution is 2.57. The van der Waals surface area contributed by atoms with E-state index in [0.717, 1.165) is 77.2 Å². The van der Waals surface area contributed by atoms with Crippen molar-refractivity contribution in [2.75, 3.05) is 20.1 Å². The molecule has 0 aromatic heterocycles. The Labute approximate surface area is 368 Å². The minimum absolute atomic E-state index is 0.0617. The quantitative estimate of drug-likeness (QED) is 0.120. The van der Waals surface area contributed by atoms with Gasteiger partial charge in [-0.25, -0.2) is 8.51 Å². The number of amides is 5. The number of likely N-dealkylation sites (tertiary alicyclic amines) is 2. The first-order valence-corrected chi connectivity index (χ1v) is 25.0. The van der Waals surface area contributed by atoms with E-state index in [4.69, 9.17) is 0 Å². The van der Waals surface area contributed by atoms with Gasteiger partial charge in [-0.2, -0.15) is 0 Å². The number of hydrogen-bond donors (Lipinski definition) is 4. The van der Waals surface area contributed by atoms with E-state index in [0.29, 0.717) is 18.9 Å². The Morgan fingerprint density at radius 3 is 1.98 bits per heavy atom. The lowest BCUT2D eigenvalue weighted by Crippen LogP contribution is -2.63. The highest BCUT2D eigenvalue weighted by molar-refractivity contribution is 7.96. The van der Waals surface area contributed by atoms with E-state index in [1.807, 2.05) is 34.6 Å². The molecule has 0 radical (unpaired) electrons. The van der Waals surface area contributed by atoms with Crippen molar-refractivity contribution < 1.29 is 28.2 Å². The van der Waals surface area contributed by atoms with Gasteiger partial charge < -0.3 is 20.9 Å². The van der Waals surface area contributed by atoms with Crippen LogP contribution in [-0.4, -0.2) is 116 Å². The molecule has 2 saturated heterocycles. The number of piperidine rings is 1. The molecule has 0 aromatic rings. The molecule has 0 aromatic carbocycles. The number of carbonyl (C=O) groups is 5. The van der Waals surface area contributed by atoms with Crippen molar-refractivity contribution in [3.63, 3.8) is 0 Å². The molecular weight excluding hydrogens is 791 g/mol. The molecule has 5 rings (SSSR count). The molecule has 0 spiro atoms. The van der Waals surface area contributed by atoms with Gasteiger partial charge in [0.2, 0.25) is 23.6 Å². The van der Waals surface area contributed by atoms with Gasteiger partial charge in [0.15, 0.2) is 0 Å². The Bertz CT molecular complexity index is 1770. The minimum atomic E-state index is -3.22. The van der Waals surface area contributed by atoms with E-state index >= 15 is 4.79 Å². The molecule has 14 heteroatoms. The van der Waals surface area contributed by atoms with Gasteiger partial charge in [0.1, 0.15) is 33.6 Å². The van der Waals surface area contributed by atoms with E-state index < -0.39 is 62.1 Å². The predicted molar refractivity (Wildman–Crippen MR) is 244 cm³/mol. The normalized spacial score (nSPS) is 29.9. The Kier molecular flexibility index (Phi) is 15.0. The fraction of sp³-hybridized carbons (Fsp3) is 0.830. The van der Waals surface area contributed by atoms with E-state index in [1.165, 1.54) is 4.31 Å². The predicted octanol–water partition coefficient (Wildman–Crippen LogP) is 5.34. The third-order valence-electron chi connectivity index (χ3n) is 15.9. The number of nitrogens with zero attached hydrogens (tertiary/aromatic N) is 3. The minimum Gasteiger partial charge on any atom is -0.343 e. The fourth-order valence-corrected chi connectivity index (χ4v) is 11.9. The van der Waals surface area contributed by atoms with Crippen molar-refractivity contribution in [3.8, 4) is 0 Å². The summed E-state index contributed by atoms with van der Waals surface area (Å²) in [5, 5.41) is 9.44. The monoisotopic (exact) mass is 872 g/mol. The smallest absolute Gasteiger partial charge is 0.258 e. The molecule has 2 heterocycles. The Balaban J connectivity index is 1.46. The molecule has 5 amide bonds. The van der Waals surface area contributed by atoms with Crippen molar-refractivity contribution in [3.05, 3.63) is 12.7 Å². The van der Waals surface area contributed by atoms with Crippen LogP contribution in [0.15, 0.2) is 12.7 Å². The Hall–Kier alpha value is -2.97. The third kappa shape index (κ3) is 10.2. The van der Waals surface area contributed by atoms with Crippen LogP contribution in [0.1, 0.15) is 153 Å². The van der Waals surface area contributed by atoms with Crippen LogP contribution in [0.4, 0.5) is 0 Å². The lowest BCUT2D eigenvalue weighted by molar-refractivity contribution is -0.145. The molecule has 13 nitrogen and oxygen atoms in total. The standard InChI is InChI=1S/C47H81N7O6S/c1-14-33-27-47(33,43(59)51-61(13,60)52(12)30(2)3)50-40(56)36-28-46(11,45(9,10)34-23-20-24-34)29-54(36)42(58)38(44(6,7)8)49-41(57)37(32-21-16-15-17-22-32)48-39(55)35-25-18-19-26-53(35)31(4)5/h14,30-38H,1,13,15-29H2,2-12H3,(H,48,55)(H,49,57)(H,50,56)(H,51,59,60). The molecule has 8 unspecified atom stereocenters. The second-order valence-electron chi connectivity index (χ2n) is 21.8. The van der Waals surface area contributed by atoms with Gasteiger partial charge in [0, 0.05) is 31.6 Å². The summed E-state index contributed by atoms with van der Waals surface area (Å²) in [5.41, 5.74) is -2.86. The van der Waals surface area contributed by atoms with Gasteiger partial charge >= 0.3 is 0 Å². The van der Waals surface area contributed by atoms with Gasteiger partial charge in [-0.1, -0.05) is 79.7 Å². The molecule has 2 aliphatic heterocycles. The Morgan fingerprint density at radius 1 is 0.836 bits per heavy atom. The molecule has 5 fully saturated rings. The van der Waals surface area contributed by atoms with Crippen LogP contribution in [0.3, 0.4) is 0 Å². The summed E-state index contributed by atoms with van der Waals surface area (Å²) in [4.78, 5) is 77.0. The molecule has 3 saturated carbocycles. The van der Waals surface area contributed by atoms with Crippen LogP contribution >= 0.6 is 0 Å². The van der Waals surface area contributed by atoms with Crippen molar-refractivity contribution in [1.29, 1.82) is 0 Å². The number of carbonyl (C=O) groups excluding carboxylic acids is 5. The molecule has 346 valence electrons. The number of nitrogens with one attached hydrogen (secondary N) is 4. The zero-order valence-electron chi connectivity index (χ0n) is 39.5. The molecule has 3 aliphatic carbocycles. The Morgan fingerprint density at radius 2 is 1.46 bits per heavy atom. The third-order valence-corrected chi connectivity index (χ3v) is 17.8. The molecule has 61 heavy (non-hydrogen) atoms. The highest BCUT2D eigenvalue weighted by atomic mass is 32.2. The first kappa shape index (κ1) is 49.1. The molecule has 0 bridgehead atoms. The maximum Gasteiger partial charge on any atom is 0.258 e. The first-order valence-electron chi connectivity index (χ1n) is 23.3. The maximum atomic E-state index is 15.3. The topological polar surface area (TPSA) is 160 Å². The number of rotatable bonds is 16. The zero-order chi connectivity index (χ0) is 45.5. The summed E-state index contributed by atoms with van der Waals surface area (Å²) in [6.45, 7) is 25.3. The highest BCUT2D eigenvalue weighted by Gasteiger charge is 2.63.